The fourth-order valence-corrected chi connectivity index (χ4v) is 2.18. The maximum atomic E-state index is 13.2. The molecule has 6 heteroatoms. The van der Waals surface area contributed by atoms with Crippen molar-refractivity contribution in [2.45, 2.75) is 6.54 Å². The number of carbonyl (C=O) groups excluding carboxylic acids is 1. The lowest BCUT2D eigenvalue weighted by molar-refractivity contribution is 0.0598. The van der Waals surface area contributed by atoms with Gasteiger partial charge in [-0.25, -0.2) is 9.18 Å². The third kappa shape index (κ3) is 3.14. The van der Waals surface area contributed by atoms with E-state index in [0.29, 0.717) is 5.56 Å². The van der Waals surface area contributed by atoms with Gasteiger partial charge in [0.2, 0.25) is 0 Å². The number of rotatable bonds is 3. The Morgan fingerprint density at radius 1 is 1.35 bits per heavy atom. The minimum atomic E-state index is -0.637. The van der Waals surface area contributed by atoms with Crippen LogP contribution in [0.2, 0.25) is 0 Å². The lowest BCUT2D eigenvalue weighted by Crippen LogP contribution is -2.20. The summed E-state index contributed by atoms with van der Waals surface area (Å²) < 4.78 is 20.0. The van der Waals surface area contributed by atoms with Crippen molar-refractivity contribution in [2.24, 2.45) is 0 Å². The molecule has 4 nitrogen and oxygen atoms in total. The van der Waals surface area contributed by atoms with Crippen LogP contribution in [-0.4, -0.2) is 17.6 Å². The van der Waals surface area contributed by atoms with Crippen LogP contribution in [0.1, 0.15) is 15.9 Å². The summed E-state index contributed by atoms with van der Waals surface area (Å²) in [4.78, 5) is 23.4. The van der Waals surface area contributed by atoms with E-state index in [1.807, 2.05) is 0 Å². The van der Waals surface area contributed by atoms with E-state index in [2.05, 4.69) is 20.7 Å². The van der Waals surface area contributed by atoms with E-state index in [0.717, 1.165) is 10.5 Å². The Bertz CT molecular complexity index is 712. The number of pyridine rings is 1. The number of nitrogens with zero attached hydrogens (tertiary/aromatic N) is 1. The number of halogens is 2. The molecule has 104 valence electrons. The normalized spacial score (nSPS) is 10.3. The summed E-state index contributed by atoms with van der Waals surface area (Å²) in [6, 6.07) is 6.85. The van der Waals surface area contributed by atoms with Gasteiger partial charge < -0.3 is 9.30 Å². The topological polar surface area (TPSA) is 48.3 Å². The first-order valence-electron chi connectivity index (χ1n) is 5.74. The molecule has 0 fully saturated rings. The van der Waals surface area contributed by atoms with Crippen LogP contribution < -0.4 is 5.56 Å². The van der Waals surface area contributed by atoms with E-state index in [4.69, 9.17) is 0 Å². The third-order valence-electron chi connectivity index (χ3n) is 2.77. The quantitative estimate of drug-likeness (QED) is 0.807. The van der Waals surface area contributed by atoms with Crippen molar-refractivity contribution in [3.8, 4) is 0 Å². The van der Waals surface area contributed by atoms with Crippen molar-refractivity contribution in [3.05, 3.63) is 68.3 Å². The molecule has 0 aliphatic heterocycles. The van der Waals surface area contributed by atoms with Crippen LogP contribution in [0.5, 0.6) is 0 Å². The minimum absolute atomic E-state index is 0.111. The molecule has 0 N–H and O–H groups in total. The Morgan fingerprint density at radius 3 is 2.80 bits per heavy atom. The van der Waals surface area contributed by atoms with Crippen LogP contribution in [-0.2, 0) is 11.3 Å². The van der Waals surface area contributed by atoms with Crippen LogP contribution in [0.15, 0.2) is 45.8 Å². The largest absolute Gasteiger partial charge is 0.465 e. The van der Waals surface area contributed by atoms with Gasteiger partial charge in [0.05, 0.1) is 19.2 Å². The summed E-state index contributed by atoms with van der Waals surface area (Å²) in [5.41, 5.74) is 0.408. The first-order chi connectivity index (χ1) is 9.51. The van der Waals surface area contributed by atoms with Gasteiger partial charge in [0.15, 0.2) is 0 Å². The molecule has 0 aliphatic carbocycles. The highest BCUT2D eigenvalue weighted by Crippen LogP contribution is 2.15. The molecule has 2 rings (SSSR count). The average molecular weight is 340 g/mol. The molecule has 0 saturated heterocycles. The fraction of sp³-hybridized carbons (Fsp3) is 0.143. The molecule has 0 unspecified atom stereocenters. The first-order valence-corrected chi connectivity index (χ1v) is 6.53. The molecule has 0 radical (unpaired) electrons. The number of esters is 1. The average Bonchev–Trinajstić information content (AvgIpc) is 2.43. The highest BCUT2D eigenvalue weighted by molar-refractivity contribution is 9.10. The van der Waals surface area contributed by atoms with Gasteiger partial charge in [0, 0.05) is 16.7 Å². The van der Waals surface area contributed by atoms with E-state index in [9.17, 15) is 14.0 Å². The van der Waals surface area contributed by atoms with E-state index < -0.39 is 11.8 Å². The SMILES string of the molecule is COC(=O)c1cc(F)ccc1Cn1cc(Br)ccc1=O. The Balaban J connectivity index is 2.45. The zero-order valence-corrected chi connectivity index (χ0v) is 12.2. The smallest absolute Gasteiger partial charge is 0.338 e. The van der Waals surface area contributed by atoms with Gasteiger partial charge in [-0.15, -0.1) is 0 Å². The van der Waals surface area contributed by atoms with Crippen molar-refractivity contribution in [2.75, 3.05) is 7.11 Å². The van der Waals surface area contributed by atoms with Crippen LogP contribution in [0.3, 0.4) is 0 Å². The number of carbonyl (C=O) groups is 1. The van der Waals surface area contributed by atoms with Gasteiger partial charge in [-0.3, -0.25) is 4.79 Å². The monoisotopic (exact) mass is 339 g/mol. The van der Waals surface area contributed by atoms with Crippen molar-refractivity contribution in [3.63, 3.8) is 0 Å². The Kier molecular flexibility index (Phi) is 4.34. The number of ether oxygens (including phenoxy) is 1. The Labute approximate surface area is 122 Å². The molecule has 1 heterocycles. The van der Waals surface area contributed by atoms with Crippen molar-refractivity contribution >= 4 is 21.9 Å². The highest BCUT2D eigenvalue weighted by Gasteiger charge is 2.13. The molecular formula is C14H11BrFNO3. The second kappa shape index (κ2) is 6.00. The third-order valence-corrected chi connectivity index (χ3v) is 3.23. The van der Waals surface area contributed by atoms with Gasteiger partial charge in [-0.1, -0.05) is 6.07 Å². The Hall–Kier alpha value is -1.95. The standard InChI is InChI=1S/C14H11BrFNO3/c1-20-14(19)12-6-11(16)4-2-9(12)7-17-8-10(15)3-5-13(17)18/h2-6,8H,7H2,1H3. The molecule has 1 aromatic carbocycles. The summed E-state index contributed by atoms with van der Waals surface area (Å²) in [6.07, 6.45) is 1.60. The second-order valence-corrected chi connectivity index (χ2v) is 5.02. The molecule has 20 heavy (non-hydrogen) atoms. The van der Waals surface area contributed by atoms with Gasteiger partial charge in [-0.2, -0.15) is 0 Å². The van der Waals surface area contributed by atoms with Crippen LogP contribution in [0.25, 0.3) is 0 Å². The van der Waals surface area contributed by atoms with E-state index >= 15 is 0 Å². The molecule has 0 atom stereocenters. The van der Waals surface area contributed by atoms with Crippen LogP contribution >= 0.6 is 15.9 Å². The number of hydrogen-bond donors (Lipinski definition) is 0. The number of methoxy groups -OCH3 is 1. The van der Waals surface area contributed by atoms with Gasteiger partial charge in [0.1, 0.15) is 5.82 Å². The first kappa shape index (κ1) is 14.5. The van der Waals surface area contributed by atoms with Crippen molar-refractivity contribution in [1.29, 1.82) is 0 Å². The molecule has 0 bridgehead atoms. The summed E-state index contributed by atoms with van der Waals surface area (Å²) in [7, 11) is 1.22. The maximum Gasteiger partial charge on any atom is 0.338 e. The summed E-state index contributed by atoms with van der Waals surface area (Å²) in [6.45, 7) is 0.156. The summed E-state index contributed by atoms with van der Waals surface area (Å²) >= 11 is 3.27. The summed E-state index contributed by atoms with van der Waals surface area (Å²) in [5.74, 6) is -1.17. The zero-order chi connectivity index (χ0) is 14.7. The lowest BCUT2D eigenvalue weighted by Gasteiger charge is -2.10. The number of hydrogen-bond acceptors (Lipinski definition) is 3. The molecule has 0 amide bonds. The van der Waals surface area contributed by atoms with Crippen LogP contribution in [0, 0.1) is 5.82 Å². The van der Waals surface area contributed by atoms with E-state index in [-0.39, 0.29) is 17.7 Å². The minimum Gasteiger partial charge on any atom is -0.465 e. The lowest BCUT2D eigenvalue weighted by atomic mass is 10.1. The molecule has 0 aliphatic rings. The Morgan fingerprint density at radius 2 is 2.10 bits per heavy atom. The van der Waals surface area contributed by atoms with Crippen LogP contribution in [0.4, 0.5) is 4.39 Å². The molecular weight excluding hydrogens is 329 g/mol. The second-order valence-electron chi connectivity index (χ2n) is 4.11. The molecule has 0 spiro atoms. The van der Waals surface area contributed by atoms with E-state index in [1.54, 1.807) is 12.3 Å². The molecule has 1 aromatic heterocycles. The number of benzene rings is 1. The van der Waals surface area contributed by atoms with Crippen molar-refractivity contribution < 1.29 is 13.9 Å². The summed E-state index contributed by atoms with van der Waals surface area (Å²) in [5, 5.41) is 0. The molecule has 2 aromatic rings. The fourth-order valence-electron chi connectivity index (χ4n) is 1.80. The van der Waals surface area contributed by atoms with E-state index in [1.165, 1.54) is 29.9 Å². The predicted octanol–water partition coefficient (Wildman–Crippen LogP) is 2.58. The molecule has 0 saturated carbocycles. The maximum absolute atomic E-state index is 13.2. The highest BCUT2D eigenvalue weighted by atomic mass is 79.9. The predicted molar refractivity (Wildman–Crippen MR) is 75.2 cm³/mol. The van der Waals surface area contributed by atoms with Gasteiger partial charge in [-0.05, 0) is 39.7 Å². The van der Waals surface area contributed by atoms with Gasteiger partial charge >= 0.3 is 5.97 Å². The van der Waals surface area contributed by atoms with Crippen molar-refractivity contribution in [1.82, 2.24) is 4.57 Å². The number of aromatic nitrogens is 1. The zero-order valence-electron chi connectivity index (χ0n) is 10.6. The van der Waals surface area contributed by atoms with Gasteiger partial charge in [0.25, 0.3) is 5.56 Å².